The minimum absolute atomic E-state index is 0.505. The summed E-state index contributed by atoms with van der Waals surface area (Å²) in [5.41, 5.74) is 2.52. The molecule has 1 saturated heterocycles. The standard InChI is InChI=1S/C18H27N5O/c1-19-14-2-4-15(5-3-14)22-18-17-16(13-7-10-24-11-8-13)6-9-23(17)21-12-20-18/h6,9,12-15,19H,2-5,7-8,10-11H2,1H3,(H,20,21,22)/t14-,15-. The molecule has 1 saturated carbocycles. The average Bonchev–Trinajstić information content (AvgIpc) is 3.08. The number of hydrogen-bond donors (Lipinski definition) is 2. The molecule has 6 nitrogen and oxygen atoms in total. The monoisotopic (exact) mass is 329 g/mol. The second-order valence-corrected chi connectivity index (χ2v) is 7.04. The molecule has 0 radical (unpaired) electrons. The van der Waals surface area contributed by atoms with Crippen molar-refractivity contribution in [3.05, 3.63) is 24.2 Å². The molecule has 6 heteroatoms. The van der Waals surface area contributed by atoms with E-state index in [1.54, 1.807) is 6.33 Å². The van der Waals surface area contributed by atoms with Gasteiger partial charge in [0.15, 0.2) is 5.82 Å². The molecule has 0 amide bonds. The molecular formula is C18H27N5O. The number of rotatable bonds is 4. The average molecular weight is 329 g/mol. The maximum atomic E-state index is 5.52. The Bertz CT molecular complexity index is 671. The third kappa shape index (κ3) is 3.13. The van der Waals surface area contributed by atoms with Crippen molar-refractivity contribution in [1.82, 2.24) is 19.9 Å². The van der Waals surface area contributed by atoms with Gasteiger partial charge < -0.3 is 15.4 Å². The zero-order valence-corrected chi connectivity index (χ0v) is 14.4. The maximum absolute atomic E-state index is 5.52. The summed E-state index contributed by atoms with van der Waals surface area (Å²) in [7, 11) is 2.06. The molecule has 0 unspecified atom stereocenters. The molecule has 2 aromatic heterocycles. The van der Waals surface area contributed by atoms with Crippen LogP contribution >= 0.6 is 0 Å². The lowest BCUT2D eigenvalue weighted by Crippen LogP contribution is -2.35. The van der Waals surface area contributed by atoms with Crippen LogP contribution in [0.5, 0.6) is 0 Å². The highest BCUT2D eigenvalue weighted by Gasteiger charge is 2.24. The number of ether oxygens (including phenoxy) is 1. The Morgan fingerprint density at radius 3 is 2.58 bits per heavy atom. The minimum atomic E-state index is 0.505. The molecule has 0 aromatic carbocycles. The van der Waals surface area contributed by atoms with Crippen molar-refractivity contribution in [2.24, 2.45) is 0 Å². The molecule has 2 N–H and O–H groups in total. The summed E-state index contributed by atoms with van der Waals surface area (Å²) in [4.78, 5) is 4.58. The van der Waals surface area contributed by atoms with Crippen molar-refractivity contribution in [2.75, 3.05) is 25.6 Å². The van der Waals surface area contributed by atoms with Gasteiger partial charge in [0.1, 0.15) is 11.8 Å². The van der Waals surface area contributed by atoms with Crippen molar-refractivity contribution in [3.8, 4) is 0 Å². The molecule has 2 fully saturated rings. The Morgan fingerprint density at radius 1 is 1.08 bits per heavy atom. The highest BCUT2D eigenvalue weighted by Crippen LogP contribution is 2.33. The lowest BCUT2D eigenvalue weighted by atomic mass is 9.90. The first-order valence-electron chi connectivity index (χ1n) is 9.19. The van der Waals surface area contributed by atoms with Crippen LogP contribution in [0.2, 0.25) is 0 Å². The van der Waals surface area contributed by atoms with E-state index in [1.807, 2.05) is 4.52 Å². The first-order chi connectivity index (χ1) is 11.8. The molecule has 0 atom stereocenters. The molecule has 3 heterocycles. The summed E-state index contributed by atoms with van der Waals surface area (Å²) in [5, 5.41) is 11.5. The summed E-state index contributed by atoms with van der Waals surface area (Å²) in [6, 6.07) is 3.38. The Kier molecular flexibility index (Phi) is 4.67. The number of nitrogens with zero attached hydrogens (tertiary/aromatic N) is 3. The maximum Gasteiger partial charge on any atom is 0.154 e. The van der Waals surface area contributed by atoms with E-state index in [0.29, 0.717) is 18.0 Å². The molecule has 1 aliphatic heterocycles. The Morgan fingerprint density at radius 2 is 1.83 bits per heavy atom. The quantitative estimate of drug-likeness (QED) is 0.903. The fraction of sp³-hybridized carbons (Fsp3) is 0.667. The van der Waals surface area contributed by atoms with Crippen molar-refractivity contribution < 1.29 is 4.74 Å². The van der Waals surface area contributed by atoms with E-state index in [0.717, 1.165) is 37.4 Å². The third-order valence-corrected chi connectivity index (χ3v) is 5.62. The molecule has 2 aliphatic rings. The molecule has 4 rings (SSSR count). The van der Waals surface area contributed by atoms with Gasteiger partial charge in [-0.05, 0) is 63.1 Å². The van der Waals surface area contributed by atoms with Crippen LogP contribution in [-0.2, 0) is 4.74 Å². The normalized spacial score (nSPS) is 25.9. The van der Waals surface area contributed by atoms with E-state index in [1.165, 1.54) is 31.2 Å². The zero-order chi connectivity index (χ0) is 16.4. The molecular weight excluding hydrogens is 302 g/mol. The van der Waals surface area contributed by atoms with Gasteiger partial charge in [0.05, 0.1) is 0 Å². The molecule has 1 aliphatic carbocycles. The molecule has 2 aromatic rings. The van der Waals surface area contributed by atoms with Crippen LogP contribution in [0.3, 0.4) is 0 Å². The molecule has 24 heavy (non-hydrogen) atoms. The minimum Gasteiger partial charge on any atom is -0.381 e. The lowest BCUT2D eigenvalue weighted by Gasteiger charge is -2.29. The van der Waals surface area contributed by atoms with Crippen molar-refractivity contribution in [2.45, 2.75) is 56.5 Å². The van der Waals surface area contributed by atoms with Crippen LogP contribution in [0.25, 0.3) is 5.52 Å². The number of hydrogen-bond acceptors (Lipinski definition) is 5. The molecule has 0 bridgehead atoms. The highest BCUT2D eigenvalue weighted by molar-refractivity contribution is 5.73. The topological polar surface area (TPSA) is 63.5 Å². The highest BCUT2D eigenvalue weighted by atomic mass is 16.5. The lowest BCUT2D eigenvalue weighted by molar-refractivity contribution is 0.0856. The van der Waals surface area contributed by atoms with Gasteiger partial charge in [-0.15, -0.1) is 0 Å². The van der Waals surface area contributed by atoms with Gasteiger partial charge >= 0.3 is 0 Å². The summed E-state index contributed by atoms with van der Waals surface area (Å²) in [6.45, 7) is 1.71. The number of nitrogens with one attached hydrogen (secondary N) is 2. The predicted octanol–water partition coefficient (Wildman–Crippen LogP) is 2.57. The number of anilines is 1. The van der Waals surface area contributed by atoms with Crippen LogP contribution in [0.1, 0.15) is 50.0 Å². The SMILES string of the molecule is CN[C@H]1CC[C@H](Nc2ncnn3ccc(C4CCOCC4)c23)CC1. The number of aromatic nitrogens is 3. The van der Waals surface area contributed by atoms with Crippen LogP contribution in [0.4, 0.5) is 5.82 Å². The van der Waals surface area contributed by atoms with E-state index in [9.17, 15) is 0 Å². The Hall–Kier alpha value is -1.66. The van der Waals surface area contributed by atoms with Gasteiger partial charge in [-0.25, -0.2) is 9.50 Å². The van der Waals surface area contributed by atoms with Crippen molar-refractivity contribution >= 4 is 11.3 Å². The predicted molar refractivity (Wildman–Crippen MR) is 94.5 cm³/mol. The first-order valence-corrected chi connectivity index (χ1v) is 9.19. The summed E-state index contributed by atoms with van der Waals surface area (Å²) < 4.78 is 7.49. The van der Waals surface area contributed by atoms with Gasteiger partial charge in [-0.1, -0.05) is 0 Å². The van der Waals surface area contributed by atoms with Crippen molar-refractivity contribution in [1.29, 1.82) is 0 Å². The largest absolute Gasteiger partial charge is 0.381 e. The van der Waals surface area contributed by atoms with Gasteiger partial charge in [0.2, 0.25) is 0 Å². The van der Waals surface area contributed by atoms with E-state index < -0.39 is 0 Å². The smallest absolute Gasteiger partial charge is 0.154 e. The van der Waals surface area contributed by atoms with Crippen LogP contribution in [-0.4, -0.2) is 46.9 Å². The number of fused-ring (bicyclic) bond motifs is 1. The molecule has 0 spiro atoms. The van der Waals surface area contributed by atoms with Gasteiger partial charge in [0, 0.05) is 31.5 Å². The van der Waals surface area contributed by atoms with Crippen LogP contribution in [0.15, 0.2) is 18.6 Å². The second-order valence-electron chi connectivity index (χ2n) is 7.04. The van der Waals surface area contributed by atoms with E-state index >= 15 is 0 Å². The Balaban J connectivity index is 1.57. The molecule has 130 valence electrons. The summed E-state index contributed by atoms with van der Waals surface area (Å²) >= 11 is 0. The second kappa shape index (κ2) is 7.07. The van der Waals surface area contributed by atoms with Crippen molar-refractivity contribution in [3.63, 3.8) is 0 Å². The Labute approximate surface area is 143 Å². The van der Waals surface area contributed by atoms with E-state index in [2.05, 4.69) is 40.0 Å². The van der Waals surface area contributed by atoms with Gasteiger partial charge in [-0.3, -0.25) is 0 Å². The summed E-state index contributed by atoms with van der Waals surface area (Å²) in [5.74, 6) is 1.54. The van der Waals surface area contributed by atoms with E-state index in [-0.39, 0.29) is 0 Å². The first kappa shape index (κ1) is 15.8. The zero-order valence-electron chi connectivity index (χ0n) is 14.4. The van der Waals surface area contributed by atoms with Crippen LogP contribution < -0.4 is 10.6 Å². The van der Waals surface area contributed by atoms with Gasteiger partial charge in [-0.2, -0.15) is 5.10 Å². The summed E-state index contributed by atoms with van der Waals surface area (Å²) in [6.07, 6.45) is 10.7. The van der Waals surface area contributed by atoms with Crippen LogP contribution in [0, 0.1) is 0 Å². The van der Waals surface area contributed by atoms with E-state index in [4.69, 9.17) is 4.74 Å². The van der Waals surface area contributed by atoms with Gasteiger partial charge in [0.25, 0.3) is 0 Å². The fourth-order valence-corrected chi connectivity index (χ4v) is 4.14. The third-order valence-electron chi connectivity index (χ3n) is 5.62. The fourth-order valence-electron chi connectivity index (χ4n) is 4.14.